The van der Waals surface area contributed by atoms with Gasteiger partial charge in [0.15, 0.2) is 0 Å². The zero-order chi connectivity index (χ0) is 14.8. The molecule has 3 N–H and O–H groups in total. The summed E-state index contributed by atoms with van der Waals surface area (Å²) < 4.78 is 0. The monoisotopic (exact) mass is 282 g/mol. The molecule has 0 aromatic rings. The lowest BCUT2D eigenvalue weighted by molar-refractivity contribution is -0.144. The lowest BCUT2D eigenvalue weighted by Gasteiger charge is -2.26. The van der Waals surface area contributed by atoms with E-state index in [-0.39, 0.29) is 6.03 Å². The summed E-state index contributed by atoms with van der Waals surface area (Å²) in [6.45, 7) is 4.16. The van der Waals surface area contributed by atoms with Crippen LogP contribution in [0.5, 0.6) is 0 Å². The van der Waals surface area contributed by atoms with Crippen LogP contribution in [0, 0.1) is 17.8 Å². The molecule has 20 heavy (non-hydrogen) atoms. The first-order valence-corrected chi connectivity index (χ1v) is 7.75. The van der Waals surface area contributed by atoms with Crippen LogP contribution in [0.4, 0.5) is 4.79 Å². The fourth-order valence-electron chi connectivity index (χ4n) is 3.00. The van der Waals surface area contributed by atoms with Gasteiger partial charge in [-0.05, 0) is 56.8 Å². The van der Waals surface area contributed by atoms with Gasteiger partial charge in [0.25, 0.3) is 0 Å². The van der Waals surface area contributed by atoms with Gasteiger partial charge in [0.05, 0.1) is 0 Å². The number of nitrogens with one attached hydrogen (secondary N) is 2. The van der Waals surface area contributed by atoms with Crippen molar-refractivity contribution >= 4 is 12.0 Å². The van der Waals surface area contributed by atoms with Gasteiger partial charge in [0.2, 0.25) is 0 Å². The fraction of sp³-hybridized carbons (Fsp3) is 0.867. The number of hydrogen-bond acceptors (Lipinski definition) is 2. The molecule has 1 unspecified atom stereocenters. The van der Waals surface area contributed by atoms with Crippen molar-refractivity contribution in [1.82, 2.24) is 10.6 Å². The van der Waals surface area contributed by atoms with Crippen molar-refractivity contribution in [2.75, 3.05) is 6.54 Å². The van der Waals surface area contributed by atoms with Crippen molar-refractivity contribution in [2.24, 2.45) is 17.8 Å². The Labute approximate surface area is 120 Å². The average molecular weight is 282 g/mol. The van der Waals surface area contributed by atoms with E-state index < -0.39 is 11.5 Å². The minimum atomic E-state index is -1.17. The van der Waals surface area contributed by atoms with E-state index in [1.54, 1.807) is 6.92 Å². The molecule has 0 saturated heterocycles. The summed E-state index contributed by atoms with van der Waals surface area (Å²) in [4.78, 5) is 23.2. The number of carbonyl (C=O) groups is 2. The molecule has 0 radical (unpaired) electrons. The third-order valence-corrected chi connectivity index (χ3v) is 4.56. The maximum absolute atomic E-state index is 11.9. The van der Waals surface area contributed by atoms with Gasteiger partial charge in [-0.1, -0.05) is 13.3 Å². The second-order valence-electron chi connectivity index (χ2n) is 6.56. The smallest absolute Gasteiger partial charge is 0.329 e. The summed E-state index contributed by atoms with van der Waals surface area (Å²) in [6, 6.07) is -0.352. The molecule has 0 bridgehead atoms. The van der Waals surface area contributed by atoms with Crippen LogP contribution in [0.25, 0.3) is 0 Å². The van der Waals surface area contributed by atoms with Crippen LogP contribution < -0.4 is 10.6 Å². The van der Waals surface area contributed by atoms with E-state index in [0.29, 0.717) is 18.9 Å². The number of amides is 2. The van der Waals surface area contributed by atoms with Crippen molar-refractivity contribution in [3.63, 3.8) is 0 Å². The van der Waals surface area contributed by atoms with E-state index in [0.717, 1.165) is 18.3 Å². The van der Waals surface area contributed by atoms with Crippen LogP contribution in [0.2, 0.25) is 0 Å². The van der Waals surface area contributed by atoms with Crippen molar-refractivity contribution in [2.45, 2.75) is 57.9 Å². The van der Waals surface area contributed by atoms with E-state index in [2.05, 4.69) is 10.6 Å². The van der Waals surface area contributed by atoms with Gasteiger partial charge in [0, 0.05) is 6.54 Å². The van der Waals surface area contributed by atoms with Crippen molar-refractivity contribution < 1.29 is 14.7 Å². The van der Waals surface area contributed by atoms with Gasteiger partial charge in [0.1, 0.15) is 5.54 Å². The third-order valence-electron chi connectivity index (χ3n) is 4.56. The molecule has 0 spiro atoms. The predicted octanol–water partition coefficient (Wildman–Crippen LogP) is 2.37. The summed E-state index contributed by atoms with van der Waals surface area (Å²) in [5.41, 5.74) is -1.17. The standard InChI is InChI=1S/C15H26N2O3/c1-3-8-15(2,13(18)19)17-14(20)16-9-12(10-4-5-10)11-6-7-11/h10-12H,3-9H2,1-2H3,(H,18,19)(H2,16,17,20). The lowest BCUT2D eigenvalue weighted by atomic mass is 9.96. The van der Waals surface area contributed by atoms with Crippen LogP contribution in [0.1, 0.15) is 52.4 Å². The second kappa shape index (κ2) is 6.02. The first-order chi connectivity index (χ1) is 9.46. The molecular formula is C15H26N2O3. The molecule has 5 nitrogen and oxygen atoms in total. The second-order valence-corrected chi connectivity index (χ2v) is 6.56. The summed E-state index contributed by atoms with van der Waals surface area (Å²) in [6.07, 6.45) is 6.29. The van der Waals surface area contributed by atoms with Gasteiger partial charge < -0.3 is 15.7 Å². The molecule has 114 valence electrons. The number of urea groups is 1. The van der Waals surface area contributed by atoms with Gasteiger partial charge in [-0.2, -0.15) is 0 Å². The van der Waals surface area contributed by atoms with Crippen molar-refractivity contribution in [1.29, 1.82) is 0 Å². The first kappa shape index (κ1) is 15.1. The number of hydrogen-bond donors (Lipinski definition) is 3. The highest BCUT2D eigenvalue weighted by molar-refractivity contribution is 5.85. The van der Waals surface area contributed by atoms with Gasteiger partial charge in [-0.25, -0.2) is 9.59 Å². The molecule has 2 aliphatic rings. The van der Waals surface area contributed by atoms with E-state index >= 15 is 0 Å². The van der Waals surface area contributed by atoms with Gasteiger partial charge >= 0.3 is 12.0 Å². The number of carboxylic acid groups (broad SMARTS) is 1. The highest BCUT2D eigenvalue weighted by Gasteiger charge is 2.41. The Morgan fingerprint density at radius 1 is 1.25 bits per heavy atom. The molecule has 2 rings (SSSR count). The summed E-state index contributed by atoms with van der Waals surface area (Å²) in [5.74, 6) is 1.19. The minimum absolute atomic E-state index is 0.352. The zero-order valence-corrected chi connectivity index (χ0v) is 12.4. The SMILES string of the molecule is CCCC(C)(NC(=O)NCC(C1CC1)C1CC1)C(=O)O. The highest BCUT2D eigenvalue weighted by Crippen LogP contribution is 2.48. The maximum Gasteiger partial charge on any atom is 0.329 e. The zero-order valence-electron chi connectivity index (χ0n) is 12.4. The van der Waals surface area contributed by atoms with Crippen LogP contribution >= 0.6 is 0 Å². The summed E-state index contributed by atoms with van der Waals surface area (Å²) in [7, 11) is 0. The molecule has 1 atom stereocenters. The maximum atomic E-state index is 11.9. The van der Waals surface area contributed by atoms with E-state index in [1.807, 2.05) is 6.92 Å². The Kier molecular flexibility index (Phi) is 4.55. The molecule has 0 heterocycles. The summed E-state index contributed by atoms with van der Waals surface area (Å²) in [5, 5.41) is 14.7. The third kappa shape index (κ3) is 3.87. The quantitative estimate of drug-likeness (QED) is 0.639. The Morgan fingerprint density at radius 3 is 2.20 bits per heavy atom. The van der Waals surface area contributed by atoms with Crippen molar-refractivity contribution in [3.8, 4) is 0 Å². The molecule has 0 aliphatic heterocycles. The van der Waals surface area contributed by atoms with E-state index in [4.69, 9.17) is 0 Å². The molecule has 5 heteroatoms. The Hall–Kier alpha value is -1.26. The molecule has 2 saturated carbocycles. The number of rotatable bonds is 8. The number of carboxylic acids is 1. The van der Waals surface area contributed by atoms with Crippen LogP contribution in [-0.4, -0.2) is 29.2 Å². The largest absolute Gasteiger partial charge is 0.480 e. The lowest BCUT2D eigenvalue weighted by Crippen LogP contribution is -2.55. The van der Waals surface area contributed by atoms with Crippen LogP contribution in [0.3, 0.4) is 0 Å². The van der Waals surface area contributed by atoms with E-state index in [9.17, 15) is 14.7 Å². The van der Waals surface area contributed by atoms with Crippen molar-refractivity contribution in [3.05, 3.63) is 0 Å². The summed E-state index contributed by atoms with van der Waals surface area (Å²) >= 11 is 0. The Morgan fingerprint density at radius 2 is 1.80 bits per heavy atom. The first-order valence-electron chi connectivity index (χ1n) is 7.75. The fourth-order valence-corrected chi connectivity index (χ4v) is 3.00. The molecule has 2 aliphatic carbocycles. The van der Waals surface area contributed by atoms with E-state index in [1.165, 1.54) is 25.7 Å². The number of aliphatic carboxylic acids is 1. The predicted molar refractivity (Wildman–Crippen MR) is 76.4 cm³/mol. The van der Waals surface area contributed by atoms with Gasteiger partial charge in [-0.3, -0.25) is 0 Å². The van der Waals surface area contributed by atoms with Gasteiger partial charge in [-0.15, -0.1) is 0 Å². The van der Waals surface area contributed by atoms with Crippen LogP contribution in [-0.2, 0) is 4.79 Å². The average Bonchev–Trinajstić information content (AvgIpc) is 3.24. The van der Waals surface area contributed by atoms with Crippen LogP contribution in [0.15, 0.2) is 0 Å². The Balaban J connectivity index is 1.79. The Bertz CT molecular complexity index is 365. The molecule has 0 aromatic carbocycles. The molecule has 2 amide bonds. The molecular weight excluding hydrogens is 256 g/mol. The highest BCUT2D eigenvalue weighted by atomic mass is 16.4. The normalized spacial score (nSPS) is 21.4. The number of carbonyl (C=O) groups excluding carboxylic acids is 1. The minimum Gasteiger partial charge on any atom is -0.480 e. The topological polar surface area (TPSA) is 78.4 Å². The molecule has 0 aromatic heterocycles. The molecule has 2 fully saturated rings.